The maximum atomic E-state index is 6.81. The third kappa shape index (κ3) is 5.27. The lowest BCUT2D eigenvalue weighted by Crippen LogP contribution is -2.55. The van der Waals surface area contributed by atoms with E-state index >= 15 is 0 Å². The van der Waals surface area contributed by atoms with E-state index in [1.54, 1.807) is 0 Å². The molecule has 3 aromatic heterocycles. The van der Waals surface area contributed by atoms with Crippen molar-refractivity contribution in [1.29, 1.82) is 0 Å². The summed E-state index contributed by atoms with van der Waals surface area (Å²) in [5.74, 6) is 1.94. The number of aromatic nitrogens is 4. The van der Waals surface area contributed by atoms with E-state index in [4.69, 9.17) is 19.4 Å². The van der Waals surface area contributed by atoms with Crippen LogP contribution in [0, 0.1) is 0 Å². The fourth-order valence-electron chi connectivity index (χ4n) is 8.33. The Morgan fingerprint density at radius 2 is 1.02 bits per heavy atom. The Balaban J connectivity index is 1.13. The van der Waals surface area contributed by atoms with Crippen molar-refractivity contribution in [3.63, 3.8) is 0 Å². The summed E-state index contributed by atoms with van der Waals surface area (Å²) in [4.78, 5) is 15.3. The van der Waals surface area contributed by atoms with Crippen molar-refractivity contribution < 1.29 is 4.42 Å². The molecular weight excluding hydrogens is 667 g/mol. The van der Waals surface area contributed by atoms with Gasteiger partial charge in [-0.15, -0.1) is 16.4 Å². The molecule has 0 amide bonds. The van der Waals surface area contributed by atoms with Crippen molar-refractivity contribution in [3.8, 4) is 51.0 Å². The van der Waals surface area contributed by atoms with E-state index in [-0.39, 0.29) is 0 Å². The van der Waals surface area contributed by atoms with Gasteiger partial charge in [0.25, 0.3) is 0 Å². The molecule has 10 rings (SSSR count). The van der Waals surface area contributed by atoms with E-state index in [0.29, 0.717) is 17.5 Å². The van der Waals surface area contributed by atoms with Gasteiger partial charge in [-0.25, -0.2) is 15.0 Å². The van der Waals surface area contributed by atoms with Gasteiger partial charge in [0.15, 0.2) is 17.5 Å². The average Bonchev–Trinajstić information content (AvgIpc) is 3.78. The molecule has 10 heteroatoms. The van der Waals surface area contributed by atoms with Crippen LogP contribution in [-0.2, 0) is 0 Å². The van der Waals surface area contributed by atoms with Gasteiger partial charge in [-0.2, -0.15) is 0 Å². The maximum Gasteiger partial charge on any atom is 0.164 e. The number of nitrogens with zero attached hydrogens (tertiary/aromatic N) is 4. The molecule has 0 spiro atoms. The quantitative estimate of drug-likeness (QED) is 0.260. The highest BCUT2D eigenvalue weighted by Crippen LogP contribution is 2.40. The summed E-state index contributed by atoms with van der Waals surface area (Å²) in [7, 11) is 10.9. The molecule has 0 fully saturated rings. The Bertz CT molecular complexity index is 3130. The normalized spacial score (nSPS) is 11.6. The molecule has 3 heterocycles. The van der Waals surface area contributed by atoms with Crippen LogP contribution in [-0.4, -0.2) is 58.8 Å². The molecule has 0 saturated heterocycles. The lowest BCUT2D eigenvalue weighted by Gasteiger charge is -2.20. The van der Waals surface area contributed by atoms with Gasteiger partial charge in [0, 0.05) is 49.5 Å². The van der Waals surface area contributed by atoms with Crippen molar-refractivity contribution in [2.75, 3.05) is 0 Å². The molecular formula is C45H33B5N4O. The Labute approximate surface area is 323 Å². The van der Waals surface area contributed by atoms with Crippen LogP contribution in [0.5, 0.6) is 0 Å². The summed E-state index contributed by atoms with van der Waals surface area (Å²) in [6.07, 6.45) is 0. The fraction of sp³-hybridized carbons (Fsp3) is 0. The lowest BCUT2D eigenvalue weighted by atomic mass is 9.60. The summed E-state index contributed by atoms with van der Waals surface area (Å²) in [6, 6.07) is 48.9. The average molecular weight is 700 g/mol. The minimum atomic E-state index is 0.612. The second-order valence-corrected chi connectivity index (χ2v) is 14.6. The molecule has 0 atom stereocenters. The summed E-state index contributed by atoms with van der Waals surface area (Å²) in [5, 5.41) is 4.55. The van der Waals surface area contributed by atoms with Crippen molar-refractivity contribution in [2.24, 2.45) is 0 Å². The number of rotatable bonds is 5. The van der Waals surface area contributed by atoms with Crippen LogP contribution in [0.4, 0.5) is 0 Å². The minimum Gasteiger partial charge on any atom is -0.455 e. The SMILES string of the molecule is Bc1c(B)c(B)c(-c2nc(-c3ccccc3)nc(-c3ccc4c(c3)oc3c(-c5ccc6c(c5)c5ccccc5n6-c5ccccc5)cccc34)n2)c(B)c1B. The van der Waals surface area contributed by atoms with Crippen LogP contribution in [0.2, 0.25) is 0 Å². The van der Waals surface area contributed by atoms with Crippen LogP contribution in [0.1, 0.15) is 0 Å². The Morgan fingerprint density at radius 3 is 1.78 bits per heavy atom. The largest absolute Gasteiger partial charge is 0.455 e. The molecule has 0 bridgehead atoms. The molecule has 10 aromatic rings. The van der Waals surface area contributed by atoms with Gasteiger partial charge in [-0.1, -0.05) is 108 Å². The number of benzene rings is 7. The molecule has 7 aromatic carbocycles. The smallest absolute Gasteiger partial charge is 0.164 e. The first-order valence-electron chi connectivity index (χ1n) is 18.8. The second kappa shape index (κ2) is 12.8. The van der Waals surface area contributed by atoms with Crippen LogP contribution in [0.25, 0.3) is 94.7 Å². The van der Waals surface area contributed by atoms with Crippen LogP contribution in [0.3, 0.4) is 0 Å². The number of hydrogen-bond donors (Lipinski definition) is 0. The van der Waals surface area contributed by atoms with Gasteiger partial charge >= 0.3 is 0 Å². The molecule has 0 aliphatic rings. The topological polar surface area (TPSA) is 56.7 Å². The van der Waals surface area contributed by atoms with Crippen LogP contribution in [0.15, 0.2) is 144 Å². The van der Waals surface area contributed by atoms with E-state index < -0.39 is 0 Å². The highest BCUT2D eigenvalue weighted by molar-refractivity contribution is 6.68. The maximum absolute atomic E-state index is 6.81. The molecule has 5 nitrogen and oxygen atoms in total. The Kier molecular flexibility index (Phi) is 7.70. The first kappa shape index (κ1) is 33.1. The van der Waals surface area contributed by atoms with Crippen molar-refractivity contribution in [1.82, 2.24) is 19.5 Å². The van der Waals surface area contributed by atoms with Gasteiger partial charge in [0.1, 0.15) is 50.4 Å². The van der Waals surface area contributed by atoms with Crippen molar-refractivity contribution >= 4 is 110 Å². The highest BCUT2D eigenvalue weighted by atomic mass is 16.3. The summed E-state index contributed by atoms with van der Waals surface area (Å²) in [6.45, 7) is 0. The summed E-state index contributed by atoms with van der Waals surface area (Å²) in [5.41, 5.74) is 16.4. The molecule has 0 aliphatic heterocycles. The minimum absolute atomic E-state index is 0.612. The second-order valence-electron chi connectivity index (χ2n) is 14.6. The lowest BCUT2D eigenvalue weighted by molar-refractivity contribution is 0.670. The van der Waals surface area contributed by atoms with E-state index in [2.05, 4.69) is 165 Å². The van der Waals surface area contributed by atoms with E-state index in [0.717, 1.165) is 55.4 Å². The summed E-state index contributed by atoms with van der Waals surface area (Å²) < 4.78 is 9.16. The monoisotopic (exact) mass is 700 g/mol. The van der Waals surface area contributed by atoms with E-state index in [1.165, 1.54) is 49.1 Å². The van der Waals surface area contributed by atoms with Gasteiger partial charge in [0.2, 0.25) is 0 Å². The van der Waals surface area contributed by atoms with Crippen LogP contribution < -0.4 is 27.3 Å². The summed E-state index contributed by atoms with van der Waals surface area (Å²) >= 11 is 0. The predicted octanol–water partition coefficient (Wildman–Crippen LogP) is 2.83. The first-order valence-corrected chi connectivity index (χ1v) is 18.8. The molecule has 0 N–H and O–H groups in total. The standard InChI is InChI=1S/C45H33B5N4O/c46-37-36(38(47)40(49)41(50)39(37)48)45-52-43(24-10-3-1-4-11-24)51-44(53-45)26-18-20-30-31-16-9-15-28(42(31)55-35(30)23-26)25-19-21-34-32(22-25)29-14-7-8-17-33(29)54(34)27-12-5-2-6-13-27/h1-23H,46-50H2. The number of hydrogen-bond acceptors (Lipinski definition) is 4. The van der Waals surface area contributed by atoms with Gasteiger partial charge in [-0.05, 0) is 48.0 Å². The van der Waals surface area contributed by atoms with Crippen LogP contribution >= 0.6 is 0 Å². The van der Waals surface area contributed by atoms with Gasteiger partial charge in [0.05, 0.1) is 11.0 Å². The molecule has 0 unspecified atom stereocenters. The predicted molar refractivity (Wildman–Crippen MR) is 244 cm³/mol. The first-order chi connectivity index (χ1) is 26.9. The Hall–Kier alpha value is -6.53. The Morgan fingerprint density at radius 1 is 0.418 bits per heavy atom. The third-order valence-electron chi connectivity index (χ3n) is 11.6. The van der Waals surface area contributed by atoms with Gasteiger partial charge in [-0.3, -0.25) is 0 Å². The molecule has 254 valence electrons. The van der Waals surface area contributed by atoms with E-state index in [1.807, 2.05) is 18.2 Å². The van der Waals surface area contributed by atoms with Crippen molar-refractivity contribution in [2.45, 2.75) is 0 Å². The van der Waals surface area contributed by atoms with Gasteiger partial charge < -0.3 is 8.98 Å². The zero-order valence-corrected chi connectivity index (χ0v) is 31.5. The molecule has 0 saturated carbocycles. The zero-order valence-electron chi connectivity index (χ0n) is 31.5. The fourth-order valence-corrected chi connectivity index (χ4v) is 8.33. The third-order valence-corrected chi connectivity index (χ3v) is 11.6. The number of furan rings is 1. The number of fused-ring (bicyclic) bond motifs is 6. The van der Waals surface area contributed by atoms with E-state index in [9.17, 15) is 0 Å². The molecule has 0 aliphatic carbocycles. The molecule has 0 radical (unpaired) electrons. The zero-order chi connectivity index (χ0) is 37.4. The highest BCUT2D eigenvalue weighted by Gasteiger charge is 2.20. The number of para-hydroxylation sites is 3. The van der Waals surface area contributed by atoms with Crippen molar-refractivity contribution in [3.05, 3.63) is 140 Å². The molecule has 55 heavy (non-hydrogen) atoms.